The summed E-state index contributed by atoms with van der Waals surface area (Å²) < 4.78 is 0. The molecule has 72 valence electrons. The van der Waals surface area contributed by atoms with Crippen LogP contribution in [0, 0.1) is 0 Å². The highest BCUT2D eigenvalue weighted by atomic mass is 16.4. The van der Waals surface area contributed by atoms with E-state index in [4.69, 9.17) is 5.11 Å². The first-order valence-electron chi connectivity index (χ1n) is 4.48. The first kappa shape index (κ1) is 11.7. The minimum absolute atomic E-state index is 0.865. The summed E-state index contributed by atoms with van der Waals surface area (Å²) in [6, 6.07) is 0. The molecule has 0 rings (SSSR count). The number of rotatable bonds is 6. The third-order valence-electron chi connectivity index (χ3n) is 1.38. The minimum Gasteiger partial charge on any atom is -0.478 e. The molecule has 0 aromatic heterocycles. The molecule has 13 heavy (non-hydrogen) atoms. The van der Waals surface area contributed by atoms with Crippen molar-refractivity contribution in [1.29, 1.82) is 0 Å². The zero-order valence-corrected chi connectivity index (χ0v) is 7.94. The molecule has 0 aliphatic carbocycles. The number of unbranched alkanes of at least 4 members (excludes halogenated alkanes) is 1. The summed E-state index contributed by atoms with van der Waals surface area (Å²) in [5.41, 5.74) is 0. The monoisotopic (exact) mass is 180 g/mol. The van der Waals surface area contributed by atoms with Gasteiger partial charge in [-0.3, -0.25) is 0 Å². The van der Waals surface area contributed by atoms with Gasteiger partial charge in [-0.15, -0.1) is 0 Å². The van der Waals surface area contributed by atoms with Crippen molar-refractivity contribution < 1.29 is 9.90 Å². The van der Waals surface area contributed by atoms with E-state index >= 15 is 0 Å². The fraction of sp³-hybridized carbons (Fsp3) is 0.364. The molecule has 0 aromatic rings. The summed E-state index contributed by atoms with van der Waals surface area (Å²) in [5, 5.41) is 8.25. The molecule has 0 fully saturated rings. The number of carboxylic acids is 1. The summed E-state index contributed by atoms with van der Waals surface area (Å²) in [4.78, 5) is 10.0. The highest BCUT2D eigenvalue weighted by Crippen LogP contribution is 1.92. The molecule has 0 heterocycles. The molecule has 0 saturated heterocycles. The number of hydrogen-bond donors (Lipinski definition) is 1. The van der Waals surface area contributed by atoms with Gasteiger partial charge in [0.05, 0.1) is 0 Å². The van der Waals surface area contributed by atoms with Crippen molar-refractivity contribution in [1.82, 2.24) is 0 Å². The highest BCUT2D eigenvalue weighted by molar-refractivity contribution is 5.80. The van der Waals surface area contributed by atoms with Gasteiger partial charge in [-0.2, -0.15) is 0 Å². The largest absolute Gasteiger partial charge is 0.478 e. The van der Waals surface area contributed by atoms with Gasteiger partial charge in [-0.1, -0.05) is 43.7 Å². The molecular formula is C11H16O2. The van der Waals surface area contributed by atoms with Gasteiger partial charge in [0.1, 0.15) is 0 Å². The van der Waals surface area contributed by atoms with Gasteiger partial charge < -0.3 is 5.11 Å². The van der Waals surface area contributed by atoms with Crippen LogP contribution >= 0.6 is 0 Å². The van der Waals surface area contributed by atoms with Crippen molar-refractivity contribution in [2.24, 2.45) is 0 Å². The molecule has 0 amide bonds. The first-order chi connectivity index (χ1) is 6.27. The van der Waals surface area contributed by atoms with Crippen LogP contribution in [-0.2, 0) is 4.79 Å². The standard InChI is InChI=1S/C11H16O2/c1-2-3-4-5-6-7-8-9-10-11(12)13/h4-5,7-10H,2-3,6H2,1H3,(H,12,13). The second kappa shape index (κ2) is 8.78. The van der Waals surface area contributed by atoms with Gasteiger partial charge in [-0.25, -0.2) is 4.79 Å². The van der Waals surface area contributed by atoms with E-state index in [-0.39, 0.29) is 0 Å². The molecule has 0 saturated carbocycles. The second-order valence-corrected chi connectivity index (χ2v) is 2.62. The molecule has 0 unspecified atom stereocenters. The van der Waals surface area contributed by atoms with Gasteiger partial charge in [-0.05, 0) is 12.8 Å². The predicted molar refractivity (Wildman–Crippen MR) is 54.6 cm³/mol. The van der Waals surface area contributed by atoms with Crippen molar-refractivity contribution in [3.63, 3.8) is 0 Å². The van der Waals surface area contributed by atoms with Crippen LogP contribution < -0.4 is 0 Å². The van der Waals surface area contributed by atoms with E-state index in [1.165, 1.54) is 12.5 Å². The van der Waals surface area contributed by atoms with Crippen molar-refractivity contribution in [3.05, 3.63) is 36.5 Å². The van der Waals surface area contributed by atoms with Crippen molar-refractivity contribution >= 4 is 5.97 Å². The van der Waals surface area contributed by atoms with Crippen LogP contribution in [0.2, 0.25) is 0 Å². The lowest BCUT2D eigenvalue weighted by molar-refractivity contribution is -0.131. The second-order valence-electron chi connectivity index (χ2n) is 2.62. The molecular weight excluding hydrogens is 164 g/mol. The Hall–Kier alpha value is -1.31. The Morgan fingerprint density at radius 1 is 1.23 bits per heavy atom. The topological polar surface area (TPSA) is 37.3 Å². The average molecular weight is 180 g/mol. The molecule has 1 N–H and O–H groups in total. The number of carboxylic acid groups (broad SMARTS) is 1. The molecule has 0 bridgehead atoms. The third kappa shape index (κ3) is 10.7. The van der Waals surface area contributed by atoms with E-state index in [2.05, 4.69) is 19.1 Å². The van der Waals surface area contributed by atoms with Gasteiger partial charge in [0.2, 0.25) is 0 Å². The number of allylic oxidation sites excluding steroid dienone is 5. The van der Waals surface area contributed by atoms with E-state index in [1.54, 1.807) is 6.08 Å². The van der Waals surface area contributed by atoms with Gasteiger partial charge in [0, 0.05) is 6.08 Å². The molecule has 0 spiro atoms. The van der Waals surface area contributed by atoms with Crippen LogP contribution in [0.3, 0.4) is 0 Å². The van der Waals surface area contributed by atoms with E-state index in [0.29, 0.717) is 0 Å². The van der Waals surface area contributed by atoms with Crippen LogP contribution in [0.15, 0.2) is 36.5 Å². The third-order valence-corrected chi connectivity index (χ3v) is 1.38. The maximum absolute atomic E-state index is 10.0. The smallest absolute Gasteiger partial charge is 0.328 e. The Bertz CT molecular complexity index is 212. The Kier molecular flexibility index (Phi) is 7.90. The zero-order valence-electron chi connectivity index (χ0n) is 7.94. The Morgan fingerprint density at radius 3 is 2.62 bits per heavy atom. The predicted octanol–water partition coefficient (Wildman–Crippen LogP) is 2.93. The van der Waals surface area contributed by atoms with Gasteiger partial charge in [0.25, 0.3) is 0 Å². The number of aliphatic carboxylic acids is 1. The van der Waals surface area contributed by atoms with Gasteiger partial charge in [0.15, 0.2) is 0 Å². The van der Waals surface area contributed by atoms with Crippen LogP contribution in [0.25, 0.3) is 0 Å². The van der Waals surface area contributed by atoms with Crippen molar-refractivity contribution in [2.45, 2.75) is 26.2 Å². The lowest BCUT2D eigenvalue weighted by Crippen LogP contribution is -1.84. The molecule has 0 radical (unpaired) electrons. The molecule has 0 aliphatic heterocycles. The summed E-state index contributed by atoms with van der Waals surface area (Å²) in [6.45, 7) is 2.13. The van der Waals surface area contributed by atoms with Crippen LogP contribution in [-0.4, -0.2) is 11.1 Å². The maximum atomic E-state index is 10.0. The van der Waals surface area contributed by atoms with E-state index in [0.717, 1.165) is 18.9 Å². The molecule has 0 aromatic carbocycles. The summed E-state index contributed by atoms with van der Waals surface area (Å²) in [5.74, 6) is -0.911. The normalized spacial score (nSPS) is 12.1. The van der Waals surface area contributed by atoms with Crippen LogP contribution in [0.1, 0.15) is 26.2 Å². The minimum atomic E-state index is -0.911. The van der Waals surface area contributed by atoms with Crippen LogP contribution in [0.4, 0.5) is 0 Å². The summed E-state index contributed by atoms with van der Waals surface area (Å²) >= 11 is 0. The van der Waals surface area contributed by atoms with E-state index in [1.807, 2.05) is 6.08 Å². The Balaban J connectivity index is 3.47. The lowest BCUT2D eigenvalue weighted by Gasteiger charge is -1.82. The maximum Gasteiger partial charge on any atom is 0.328 e. The fourth-order valence-corrected chi connectivity index (χ4v) is 0.754. The van der Waals surface area contributed by atoms with E-state index in [9.17, 15) is 4.79 Å². The van der Waals surface area contributed by atoms with Crippen molar-refractivity contribution in [2.75, 3.05) is 0 Å². The highest BCUT2D eigenvalue weighted by Gasteiger charge is 1.79. The summed E-state index contributed by atoms with van der Waals surface area (Å²) in [7, 11) is 0. The molecule has 2 heteroatoms. The molecule has 2 nitrogen and oxygen atoms in total. The lowest BCUT2D eigenvalue weighted by atomic mass is 10.2. The first-order valence-corrected chi connectivity index (χ1v) is 4.48. The molecule has 0 aliphatic rings. The van der Waals surface area contributed by atoms with Crippen LogP contribution in [0.5, 0.6) is 0 Å². The molecule has 0 atom stereocenters. The number of carbonyl (C=O) groups is 1. The SMILES string of the molecule is CCCC=CCC=CC=CC(=O)O. The average Bonchev–Trinajstić information content (AvgIpc) is 2.09. The van der Waals surface area contributed by atoms with Crippen molar-refractivity contribution in [3.8, 4) is 0 Å². The Labute approximate surface area is 79.3 Å². The zero-order chi connectivity index (χ0) is 9.94. The quantitative estimate of drug-likeness (QED) is 0.387. The number of hydrogen-bond acceptors (Lipinski definition) is 1. The van der Waals surface area contributed by atoms with E-state index < -0.39 is 5.97 Å². The fourth-order valence-electron chi connectivity index (χ4n) is 0.754. The van der Waals surface area contributed by atoms with Gasteiger partial charge >= 0.3 is 5.97 Å². The summed E-state index contributed by atoms with van der Waals surface area (Å²) in [6.07, 6.45) is 13.7. The Morgan fingerprint density at radius 2 is 2.00 bits per heavy atom.